The third-order valence-electron chi connectivity index (χ3n) is 4.60. The molecule has 26 heavy (non-hydrogen) atoms. The first kappa shape index (κ1) is 16.8. The molecule has 3 heterocycles. The van der Waals surface area contributed by atoms with E-state index in [-0.39, 0.29) is 18.2 Å². The van der Waals surface area contributed by atoms with Crippen LogP contribution in [0.1, 0.15) is 17.4 Å². The third-order valence-corrected chi connectivity index (χ3v) is 4.60. The molecule has 0 aliphatic carbocycles. The van der Waals surface area contributed by atoms with E-state index in [1.165, 1.54) is 18.5 Å². The maximum Gasteiger partial charge on any atom is 0.178 e. The Labute approximate surface area is 151 Å². The fraction of sp³-hybridized carbons (Fsp3) is 0.316. The summed E-state index contributed by atoms with van der Waals surface area (Å²) in [5.74, 6) is -0.238. The van der Waals surface area contributed by atoms with Crippen LogP contribution in [0.2, 0.25) is 0 Å². The molecule has 2 aliphatic rings. The van der Waals surface area contributed by atoms with Gasteiger partial charge < -0.3 is 9.64 Å². The van der Waals surface area contributed by atoms with Crippen molar-refractivity contribution in [1.82, 2.24) is 19.8 Å². The molecular weight excluding hydrogens is 333 g/mol. The Bertz CT molecular complexity index is 808. The Morgan fingerprint density at radius 3 is 2.81 bits per heavy atom. The molecule has 0 radical (unpaired) electrons. The van der Waals surface area contributed by atoms with Gasteiger partial charge in [-0.25, -0.2) is 19.4 Å². The fourth-order valence-electron chi connectivity index (χ4n) is 3.21. The van der Waals surface area contributed by atoms with Crippen LogP contribution in [-0.4, -0.2) is 58.5 Å². The summed E-state index contributed by atoms with van der Waals surface area (Å²) in [6.45, 7) is 2.07. The van der Waals surface area contributed by atoms with E-state index in [1.807, 2.05) is 25.4 Å². The number of halogens is 1. The van der Waals surface area contributed by atoms with Gasteiger partial charge in [-0.05, 0) is 29.8 Å². The highest BCUT2D eigenvalue weighted by Crippen LogP contribution is 2.25. The Balaban J connectivity index is 1.54. The van der Waals surface area contributed by atoms with Crippen LogP contribution < -0.4 is 0 Å². The van der Waals surface area contributed by atoms with Crippen LogP contribution in [0.3, 0.4) is 0 Å². The van der Waals surface area contributed by atoms with E-state index < -0.39 is 0 Å². The quantitative estimate of drug-likeness (QED) is 0.847. The molecule has 0 N–H and O–H groups in total. The van der Waals surface area contributed by atoms with Crippen molar-refractivity contribution in [3.05, 3.63) is 72.2 Å². The number of hydrogen-bond donors (Lipinski definition) is 0. The molecule has 2 atom stereocenters. The Morgan fingerprint density at radius 1 is 1.19 bits per heavy atom. The molecule has 2 aromatic rings. The largest absolute Gasteiger partial charge is 0.371 e. The molecule has 0 spiro atoms. The summed E-state index contributed by atoms with van der Waals surface area (Å²) in [6, 6.07) is 8.36. The average Bonchev–Trinajstić information content (AvgIpc) is 2.70. The Morgan fingerprint density at radius 2 is 2.04 bits per heavy atom. The van der Waals surface area contributed by atoms with Crippen LogP contribution in [0.5, 0.6) is 0 Å². The van der Waals surface area contributed by atoms with E-state index >= 15 is 0 Å². The molecule has 1 aromatic heterocycles. The van der Waals surface area contributed by atoms with Crippen molar-refractivity contribution in [2.24, 2.45) is 4.99 Å². The van der Waals surface area contributed by atoms with E-state index in [4.69, 9.17) is 9.73 Å². The SMILES string of the molecule is CN1C=CC(c2ccncn2)=N[C@H]1N1CCOC(c2ccc(F)cc2)C1. The second-order valence-corrected chi connectivity index (χ2v) is 6.34. The number of hydrogen-bond acceptors (Lipinski definition) is 6. The zero-order chi connectivity index (χ0) is 17.9. The van der Waals surface area contributed by atoms with Gasteiger partial charge in [-0.1, -0.05) is 12.1 Å². The maximum absolute atomic E-state index is 13.2. The van der Waals surface area contributed by atoms with E-state index in [0.717, 1.165) is 23.5 Å². The standard InChI is InChI=1S/C19H20FN5O/c1-24-9-7-17(16-6-8-21-13-22-16)23-19(24)25-10-11-26-18(12-25)14-2-4-15(20)5-3-14/h2-9,13,18-19H,10-12H2,1H3/t18?,19-/m1/s1. The van der Waals surface area contributed by atoms with Crippen LogP contribution in [0, 0.1) is 5.82 Å². The van der Waals surface area contributed by atoms with Crippen LogP contribution in [0.4, 0.5) is 4.39 Å². The Hall–Kier alpha value is -2.64. The first-order valence-electron chi connectivity index (χ1n) is 8.56. The maximum atomic E-state index is 13.2. The predicted molar refractivity (Wildman–Crippen MR) is 95.9 cm³/mol. The molecule has 0 saturated carbocycles. The zero-order valence-electron chi connectivity index (χ0n) is 14.5. The lowest BCUT2D eigenvalue weighted by atomic mass is 10.1. The number of morpholine rings is 1. The summed E-state index contributed by atoms with van der Waals surface area (Å²) in [5.41, 5.74) is 2.61. The van der Waals surface area contributed by atoms with Crippen LogP contribution in [0.15, 0.2) is 60.1 Å². The predicted octanol–water partition coefficient (Wildman–Crippen LogP) is 2.22. The summed E-state index contributed by atoms with van der Waals surface area (Å²) in [4.78, 5) is 17.5. The van der Waals surface area contributed by atoms with Crippen LogP contribution in [0.25, 0.3) is 0 Å². The number of allylic oxidation sites excluding steroid dienone is 1. The number of benzene rings is 1. The highest BCUT2D eigenvalue weighted by molar-refractivity contribution is 6.07. The van der Waals surface area contributed by atoms with Gasteiger partial charge in [0.05, 0.1) is 24.1 Å². The zero-order valence-corrected chi connectivity index (χ0v) is 14.5. The minimum atomic E-state index is -0.238. The van der Waals surface area contributed by atoms with Gasteiger partial charge in [-0.3, -0.25) is 4.90 Å². The lowest BCUT2D eigenvalue weighted by molar-refractivity contribution is -0.0633. The van der Waals surface area contributed by atoms with Gasteiger partial charge in [-0.2, -0.15) is 0 Å². The number of aliphatic imine (C=N–C) groups is 1. The highest BCUT2D eigenvalue weighted by atomic mass is 19.1. The molecule has 2 aliphatic heterocycles. The lowest BCUT2D eigenvalue weighted by Crippen LogP contribution is -2.50. The van der Waals surface area contributed by atoms with Gasteiger partial charge in [0.1, 0.15) is 12.1 Å². The molecule has 1 fully saturated rings. The van der Waals surface area contributed by atoms with E-state index in [1.54, 1.807) is 18.3 Å². The van der Waals surface area contributed by atoms with Crippen molar-refractivity contribution in [2.45, 2.75) is 12.4 Å². The molecule has 1 unspecified atom stereocenters. The summed E-state index contributed by atoms with van der Waals surface area (Å²) >= 11 is 0. The fourth-order valence-corrected chi connectivity index (χ4v) is 3.21. The first-order chi connectivity index (χ1) is 12.7. The molecule has 4 rings (SSSR count). The minimum absolute atomic E-state index is 0.0960. The smallest absolute Gasteiger partial charge is 0.178 e. The second-order valence-electron chi connectivity index (χ2n) is 6.34. The highest BCUT2D eigenvalue weighted by Gasteiger charge is 2.30. The molecule has 1 saturated heterocycles. The van der Waals surface area contributed by atoms with Gasteiger partial charge >= 0.3 is 0 Å². The molecule has 0 bridgehead atoms. The lowest BCUT2D eigenvalue weighted by Gasteiger charge is -2.41. The van der Waals surface area contributed by atoms with E-state index in [2.05, 4.69) is 19.8 Å². The molecule has 1 aromatic carbocycles. The van der Waals surface area contributed by atoms with Gasteiger partial charge in [0.2, 0.25) is 0 Å². The number of nitrogens with zero attached hydrogens (tertiary/aromatic N) is 5. The van der Waals surface area contributed by atoms with Gasteiger partial charge in [0, 0.05) is 32.5 Å². The average molecular weight is 353 g/mol. The van der Waals surface area contributed by atoms with Crippen LogP contribution in [-0.2, 0) is 4.74 Å². The third kappa shape index (κ3) is 3.49. The van der Waals surface area contributed by atoms with E-state index in [9.17, 15) is 4.39 Å². The van der Waals surface area contributed by atoms with Crippen molar-refractivity contribution in [1.29, 1.82) is 0 Å². The van der Waals surface area contributed by atoms with Crippen molar-refractivity contribution < 1.29 is 9.13 Å². The minimum Gasteiger partial charge on any atom is -0.371 e. The Kier molecular flexibility index (Phi) is 4.73. The van der Waals surface area contributed by atoms with Crippen molar-refractivity contribution >= 4 is 5.71 Å². The topological polar surface area (TPSA) is 53.9 Å². The summed E-state index contributed by atoms with van der Waals surface area (Å²) in [5, 5.41) is 0. The number of rotatable bonds is 3. The number of ether oxygens (including phenoxy) is 1. The number of aromatic nitrogens is 2. The molecular formula is C19H20FN5O. The first-order valence-corrected chi connectivity index (χ1v) is 8.56. The molecule has 7 heteroatoms. The molecule has 6 nitrogen and oxygen atoms in total. The summed E-state index contributed by atoms with van der Waals surface area (Å²) < 4.78 is 19.1. The van der Waals surface area contributed by atoms with Crippen molar-refractivity contribution in [2.75, 3.05) is 26.7 Å². The van der Waals surface area contributed by atoms with Crippen molar-refractivity contribution in [3.8, 4) is 0 Å². The van der Waals surface area contributed by atoms with Gasteiger partial charge in [0.25, 0.3) is 0 Å². The summed E-state index contributed by atoms with van der Waals surface area (Å²) in [6.07, 6.45) is 6.98. The summed E-state index contributed by atoms with van der Waals surface area (Å²) in [7, 11) is 2.00. The second kappa shape index (κ2) is 7.31. The van der Waals surface area contributed by atoms with Crippen LogP contribution >= 0.6 is 0 Å². The van der Waals surface area contributed by atoms with Crippen molar-refractivity contribution in [3.63, 3.8) is 0 Å². The van der Waals surface area contributed by atoms with Gasteiger partial charge in [-0.15, -0.1) is 0 Å². The molecule has 134 valence electrons. The van der Waals surface area contributed by atoms with E-state index in [0.29, 0.717) is 13.2 Å². The van der Waals surface area contributed by atoms with Gasteiger partial charge in [0.15, 0.2) is 6.29 Å². The monoisotopic (exact) mass is 353 g/mol. The molecule has 0 amide bonds. The normalized spacial score (nSPS) is 23.8.